The number of hydrogen-bond donors (Lipinski definition) is 1. The third-order valence-corrected chi connectivity index (χ3v) is 4.95. The number of likely N-dealkylation sites (tertiary alicyclic amines) is 1. The summed E-state index contributed by atoms with van der Waals surface area (Å²) in [7, 11) is 0. The van der Waals surface area contributed by atoms with Gasteiger partial charge >= 0.3 is 0 Å². The summed E-state index contributed by atoms with van der Waals surface area (Å²) in [5.41, 5.74) is 1.02. The van der Waals surface area contributed by atoms with Crippen LogP contribution in [0.4, 0.5) is 0 Å². The number of piperidine rings is 1. The van der Waals surface area contributed by atoms with Crippen molar-refractivity contribution in [1.82, 2.24) is 10.2 Å². The molecule has 2 aliphatic rings. The summed E-state index contributed by atoms with van der Waals surface area (Å²) in [6, 6.07) is 10.9. The number of nitrogens with one attached hydrogen (secondary N) is 1. The maximum Gasteiger partial charge on any atom is 0.233 e. The molecule has 1 N–H and O–H groups in total. The van der Waals surface area contributed by atoms with E-state index >= 15 is 0 Å². The van der Waals surface area contributed by atoms with E-state index < -0.39 is 0 Å². The molecule has 0 bridgehead atoms. The summed E-state index contributed by atoms with van der Waals surface area (Å²) in [6.45, 7) is 5.11. The maximum atomic E-state index is 12.9. The zero-order valence-corrected chi connectivity index (χ0v) is 13.0. The van der Waals surface area contributed by atoms with E-state index in [1.54, 1.807) is 0 Å². The Kier molecular flexibility index (Phi) is 4.29. The Hall–Kier alpha value is -1.35. The maximum absolute atomic E-state index is 12.9. The normalized spacial score (nSPS) is 21.3. The molecule has 1 saturated heterocycles. The molecular formula is C18H26N2O. The molecule has 0 spiro atoms. The van der Waals surface area contributed by atoms with Crippen molar-refractivity contribution in [3.63, 3.8) is 0 Å². The highest BCUT2D eigenvalue weighted by Crippen LogP contribution is 2.49. The molecule has 0 atom stereocenters. The fourth-order valence-electron chi connectivity index (χ4n) is 3.45. The van der Waals surface area contributed by atoms with Gasteiger partial charge in [-0.1, -0.05) is 37.3 Å². The third-order valence-electron chi connectivity index (χ3n) is 4.95. The number of rotatable bonds is 5. The van der Waals surface area contributed by atoms with Crippen molar-refractivity contribution in [2.24, 2.45) is 0 Å². The Morgan fingerprint density at radius 2 is 1.90 bits per heavy atom. The minimum atomic E-state index is -0.190. The summed E-state index contributed by atoms with van der Waals surface area (Å²) in [5, 5.41) is 3.58. The van der Waals surface area contributed by atoms with Gasteiger partial charge in [0.1, 0.15) is 0 Å². The lowest BCUT2D eigenvalue weighted by atomic mass is 9.93. The first-order valence-electron chi connectivity index (χ1n) is 8.34. The van der Waals surface area contributed by atoms with Gasteiger partial charge in [-0.05, 0) is 44.2 Å². The van der Waals surface area contributed by atoms with Gasteiger partial charge in [-0.3, -0.25) is 4.79 Å². The molecule has 1 saturated carbocycles. The van der Waals surface area contributed by atoms with Crippen LogP contribution >= 0.6 is 0 Å². The van der Waals surface area contributed by atoms with Crippen LogP contribution in [0, 0.1) is 0 Å². The molecule has 1 aliphatic carbocycles. The average Bonchev–Trinajstić information content (AvgIpc) is 3.35. The molecule has 1 heterocycles. The predicted octanol–water partition coefficient (Wildman–Crippen LogP) is 2.71. The fraction of sp³-hybridized carbons (Fsp3) is 0.611. The van der Waals surface area contributed by atoms with Gasteiger partial charge in [0, 0.05) is 19.1 Å². The second-order valence-corrected chi connectivity index (χ2v) is 6.47. The van der Waals surface area contributed by atoms with E-state index in [0.29, 0.717) is 11.9 Å². The molecule has 3 rings (SSSR count). The lowest BCUT2D eigenvalue weighted by Gasteiger charge is -2.35. The SMILES string of the molecule is CCCNC1CCN(C(=O)C2(c3ccccc3)CC2)CC1. The highest BCUT2D eigenvalue weighted by atomic mass is 16.2. The Labute approximate surface area is 127 Å². The van der Waals surface area contributed by atoms with Crippen LogP contribution in [0.25, 0.3) is 0 Å². The number of amides is 1. The summed E-state index contributed by atoms with van der Waals surface area (Å²) in [4.78, 5) is 15.0. The molecular weight excluding hydrogens is 260 g/mol. The Bertz CT molecular complexity index is 473. The average molecular weight is 286 g/mol. The van der Waals surface area contributed by atoms with Crippen molar-refractivity contribution < 1.29 is 4.79 Å². The summed E-state index contributed by atoms with van der Waals surface area (Å²) in [6.07, 6.45) is 5.40. The number of hydrogen-bond acceptors (Lipinski definition) is 2. The summed E-state index contributed by atoms with van der Waals surface area (Å²) in [5.74, 6) is 0.364. The van der Waals surface area contributed by atoms with Gasteiger partial charge < -0.3 is 10.2 Å². The number of carbonyl (C=O) groups is 1. The smallest absolute Gasteiger partial charge is 0.233 e. The zero-order valence-electron chi connectivity index (χ0n) is 13.0. The van der Waals surface area contributed by atoms with Crippen LogP contribution in [-0.4, -0.2) is 36.5 Å². The van der Waals surface area contributed by atoms with E-state index in [1.165, 1.54) is 12.0 Å². The molecule has 114 valence electrons. The van der Waals surface area contributed by atoms with Crippen LogP contribution in [-0.2, 0) is 10.2 Å². The fourth-order valence-corrected chi connectivity index (χ4v) is 3.45. The second kappa shape index (κ2) is 6.18. The number of nitrogens with zero attached hydrogens (tertiary/aromatic N) is 1. The topological polar surface area (TPSA) is 32.3 Å². The Morgan fingerprint density at radius 1 is 1.24 bits per heavy atom. The predicted molar refractivity (Wildman–Crippen MR) is 85.2 cm³/mol. The Balaban J connectivity index is 1.60. The van der Waals surface area contributed by atoms with Gasteiger partial charge in [-0.15, -0.1) is 0 Å². The van der Waals surface area contributed by atoms with Crippen LogP contribution in [0.2, 0.25) is 0 Å². The van der Waals surface area contributed by atoms with Crippen LogP contribution in [0.3, 0.4) is 0 Å². The molecule has 21 heavy (non-hydrogen) atoms. The van der Waals surface area contributed by atoms with Crippen molar-refractivity contribution in [2.45, 2.75) is 50.5 Å². The largest absolute Gasteiger partial charge is 0.342 e. The van der Waals surface area contributed by atoms with E-state index in [1.807, 2.05) is 18.2 Å². The van der Waals surface area contributed by atoms with Gasteiger partial charge in [0.25, 0.3) is 0 Å². The molecule has 0 radical (unpaired) electrons. The van der Waals surface area contributed by atoms with E-state index in [-0.39, 0.29) is 5.41 Å². The zero-order chi connectivity index (χ0) is 14.7. The van der Waals surface area contributed by atoms with Gasteiger partial charge in [-0.2, -0.15) is 0 Å². The van der Waals surface area contributed by atoms with Gasteiger partial charge in [0.2, 0.25) is 5.91 Å². The molecule has 1 amide bonds. The quantitative estimate of drug-likeness (QED) is 0.902. The van der Waals surface area contributed by atoms with E-state index in [4.69, 9.17) is 0 Å². The number of benzene rings is 1. The first-order valence-corrected chi connectivity index (χ1v) is 8.34. The van der Waals surface area contributed by atoms with E-state index in [0.717, 1.165) is 45.3 Å². The number of carbonyl (C=O) groups excluding carboxylic acids is 1. The monoisotopic (exact) mass is 286 g/mol. The molecule has 0 aromatic heterocycles. The van der Waals surface area contributed by atoms with Crippen molar-refractivity contribution in [1.29, 1.82) is 0 Å². The standard InChI is InChI=1S/C18H26N2O/c1-2-12-19-16-8-13-20(14-9-16)17(21)18(10-11-18)15-6-4-3-5-7-15/h3-7,16,19H,2,8-14H2,1H3. The van der Waals surface area contributed by atoms with E-state index in [2.05, 4.69) is 29.3 Å². The second-order valence-electron chi connectivity index (χ2n) is 6.47. The molecule has 0 unspecified atom stereocenters. The lowest BCUT2D eigenvalue weighted by Crippen LogP contribution is -2.48. The lowest BCUT2D eigenvalue weighted by molar-refractivity contribution is -0.135. The van der Waals surface area contributed by atoms with Gasteiger partial charge in [0.15, 0.2) is 0 Å². The van der Waals surface area contributed by atoms with Gasteiger partial charge in [-0.25, -0.2) is 0 Å². The van der Waals surface area contributed by atoms with E-state index in [9.17, 15) is 4.79 Å². The van der Waals surface area contributed by atoms with Crippen molar-refractivity contribution in [3.05, 3.63) is 35.9 Å². The molecule has 2 fully saturated rings. The third kappa shape index (κ3) is 2.98. The molecule has 1 aromatic carbocycles. The Morgan fingerprint density at radius 3 is 2.48 bits per heavy atom. The molecule has 1 aromatic rings. The summed E-state index contributed by atoms with van der Waals surface area (Å²) < 4.78 is 0. The van der Waals surface area contributed by atoms with Crippen molar-refractivity contribution >= 4 is 5.91 Å². The first kappa shape index (κ1) is 14.6. The molecule has 3 nitrogen and oxygen atoms in total. The van der Waals surface area contributed by atoms with Gasteiger partial charge in [0.05, 0.1) is 5.41 Å². The first-order chi connectivity index (χ1) is 10.3. The van der Waals surface area contributed by atoms with Crippen LogP contribution < -0.4 is 5.32 Å². The molecule has 3 heteroatoms. The van der Waals surface area contributed by atoms with Crippen LogP contribution in [0.1, 0.15) is 44.6 Å². The van der Waals surface area contributed by atoms with Crippen molar-refractivity contribution in [2.75, 3.05) is 19.6 Å². The molecule has 1 aliphatic heterocycles. The van der Waals surface area contributed by atoms with Crippen molar-refractivity contribution in [3.8, 4) is 0 Å². The minimum Gasteiger partial charge on any atom is -0.342 e. The highest BCUT2D eigenvalue weighted by Gasteiger charge is 2.53. The van der Waals surface area contributed by atoms with Crippen LogP contribution in [0.5, 0.6) is 0 Å². The van der Waals surface area contributed by atoms with Crippen LogP contribution in [0.15, 0.2) is 30.3 Å². The minimum absolute atomic E-state index is 0.190. The highest BCUT2D eigenvalue weighted by molar-refractivity contribution is 5.91. The summed E-state index contributed by atoms with van der Waals surface area (Å²) >= 11 is 0.